The van der Waals surface area contributed by atoms with E-state index in [9.17, 15) is 0 Å². The van der Waals surface area contributed by atoms with Crippen LogP contribution in [0.3, 0.4) is 0 Å². The smallest absolute Gasteiger partial charge is 0.225 e. The van der Waals surface area contributed by atoms with Crippen LogP contribution < -0.4 is 4.84 Å². The topological polar surface area (TPSA) is 52.8 Å². The van der Waals surface area contributed by atoms with Crippen molar-refractivity contribution >= 4 is 17.7 Å². The Morgan fingerprint density at radius 1 is 1.38 bits per heavy atom. The lowest BCUT2D eigenvalue weighted by Crippen LogP contribution is -1.88. The summed E-state index contributed by atoms with van der Waals surface area (Å²) in [5, 5.41) is 0. The Labute approximate surface area is 51.1 Å². The maximum atomic E-state index is 5.00. The number of rotatable bonds is 1. The van der Waals surface area contributed by atoms with Gasteiger partial charge in [0.25, 0.3) is 5.95 Å². The summed E-state index contributed by atoms with van der Waals surface area (Å²) < 4.78 is 0. The quantitative estimate of drug-likeness (QED) is 0.547. The molecule has 1 heterocycles. The Kier molecular flexibility index (Phi) is 1.58. The summed E-state index contributed by atoms with van der Waals surface area (Å²) in [4.78, 5) is 13.9. The third kappa shape index (κ3) is 1.04. The minimum Gasteiger partial charge on any atom is -0.225 e. The molecule has 0 saturated heterocycles. The zero-order valence-electron chi connectivity index (χ0n) is 3.82. The van der Waals surface area contributed by atoms with Gasteiger partial charge in [0, 0.05) is 11.8 Å². The molecule has 1 aromatic heterocycles. The number of halogens is 1. The third-order valence-electron chi connectivity index (χ3n) is 0.555. The van der Waals surface area contributed by atoms with Gasteiger partial charge in [0.1, 0.15) is 12.7 Å². The molecule has 0 aliphatic heterocycles. The van der Waals surface area contributed by atoms with Crippen LogP contribution in [0.5, 0.6) is 0 Å². The zero-order valence-corrected chi connectivity index (χ0v) is 4.58. The second kappa shape index (κ2) is 2.42. The number of nitrogens with zero attached hydrogens (tertiary/aromatic N) is 4. The lowest BCUT2D eigenvalue weighted by Gasteiger charge is -1.84. The second-order valence-corrected chi connectivity index (χ2v) is 1.19. The van der Waals surface area contributed by atoms with Crippen molar-refractivity contribution in [1.82, 2.24) is 19.8 Å². The molecule has 5 heteroatoms. The van der Waals surface area contributed by atoms with E-state index in [2.05, 4.69) is 19.8 Å². The van der Waals surface area contributed by atoms with E-state index in [1.807, 2.05) is 0 Å². The highest BCUT2D eigenvalue weighted by Gasteiger charge is 1.87. The van der Waals surface area contributed by atoms with Gasteiger partial charge >= 0.3 is 0 Å². The predicted octanol–water partition coefficient (Wildman–Crippen LogP) is 0.261. The van der Waals surface area contributed by atoms with Crippen molar-refractivity contribution in [3.8, 4) is 0 Å². The molecule has 0 aliphatic rings. The summed E-state index contributed by atoms with van der Waals surface area (Å²) in [5.41, 5.74) is 0. The van der Waals surface area contributed by atoms with Gasteiger partial charge in [0.2, 0.25) is 0 Å². The molecular formula is C3H2ClN4. The highest BCUT2D eigenvalue weighted by atomic mass is 35.5. The monoisotopic (exact) mass is 129 g/mol. The molecule has 0 spiro atoms. The minimum absolute atomic E-state index is 0.238. The van der Waals surface area contributed by atoms with Crippen LogP contribution in [0.1, 0.15) is 0 Å². The van der Waals surface area contributed by atoms with E-state index in [0.717, 1.165) is 0 Å². The molecule has 1 radical (unpaired) electrons. The molecule has 1 aromatic rings. The first-order chi connectivity index (χ1) is 3.93. The SMILES string of the molecule is Cl[N]c1ncncn1. The molecule has 0 unspecified atom stereocenters. The number of hydrogen-bond acceptors (Lipinski definition) is 3. The van der Waals surface area contributed by atoms with E-state index in [0.29, 0.717) is 0 Å². The third-order valence-corrected chi connectivity index (χ3v) is 0.707. The van der Waals surface area contributed by atoms with Crippen molar-refractivity contribution in [1.29, 1.82) is 0 Å². The maximum Gasteiger partial charge on any atom is 0.264 e. The largest absolute Gasteiger partial charge is 0.264 e. The fourth-order valence-electron chi connectivity index (χ4n) is 0.277. The van der Waals surface area contributed by atoms with Gasteiger partial charge in [-0.2, -0.15) is 9.97 Å². The molecule has 0 N–H and O–H groups in total. The van der Waals surface area contributed by atoms with E-state index in [-0.39, 0.29) is 5.95 Å². The summed E-state index contributed by atoms with van der Waals surface area (Å²) in [6, 6.07) is 0. The highest BCUT2D eigenvalue weighted by molar-refractivity contribution is 6.15. The van der Waals surface area contributed by atoms with Crippen molar-refractivity contribution in [3.05, 3.63) is 12.7 Å². The summed E-state index contributed by atoms with van der Waals surface area (Å²) >= 11 is 5.00. The van der Waals surface area contributed by atoms with Crippen LogP contribution in [0.15, 0.2) is 12.7 Å². The maximum absolute atomic E-state index is 5.00. The van der Waals surface area contributed by atoms with E-state index in [4.69, 9.17) is 11.8 Å². The summed E-state index contributed by atoms with van der Waals surface area (Å²) in [7, 11) is 0. The molecular weight excluding hydrogens is 128 g/mol. The zero-order chi connectivity index (χ0) is 5.82. The van der Waals surface area contributed by atoms with E-state index in [1.54, 1.807) is 0 Å². The molecule has 8 heavy (non-hydrogen) atoms. The van der Waals surface area contributed by atoms with Crippen molar-refractivity contribution in [2.45, 2.75) is 0 Å². The van der Waals surface area contributed by atoms with Crippen molar-refractivity contribution in [2.75, 3.05) is 0 Å². The molecule has 0 aromatic carbocycles. The second-order valence-electron chi connectivity index (χ2n) is 1.02. The molecule has 0 amide bonds. The van der Waals surface area contributed by atoms with Crippen LogP contribution in [0.4, 0.5) is 5.95 Å². The first kappa shape index (κ1) is 5.24. The van der Waals surface area contributed by atoms with Gasteiger partial charge in [-0.15, -0.1) is 4.84 Å². The first-order valence-corrected chi connectivity index (χ1v) is 2.21. The molecule has 0 atom stereocenters. The van der Waals surface area contributed by atoms with Crippen LogP contribution in [0.25, 0.3) is 0 Å². The first-order valence-electron chi connectivity index (χ1n) is 1.87. The molecule has 1 rings (SSSR count). The Hall–Kier alpha value is -0.900. The van der Waals surface area contributed by atoms with Gasteiger partial charge in [0.15, 0.2) is 0 Å². The van der Waals surface area contributed by atoms with Crippen LogP contribution in [-0.4, -0.2) is 15.0 Å². The molecule has 4 nitrogen and oxygen atoms in total. The normalized spacial score (nSPS) is 8.62. The lowest BCUT2D eigenvalue weighted by molar-refractivity contribution is 0.999. The minimum atomic E-state index is 0.238. The van der Waals surface area contributed by atoms with Gasteiger partial charge in [-0.25, -0.2) is 4.98 Å². The Morgan fingerprint density at radius 2 is 2.00 bits per heavy atom. The molecule has 41 valence electrons. The average molecular weight is 130 g/mol. The van der Waals surface area contributed by atoms with Gasteiger partial charge in [-0.05, 0) is 0 Å². The molecule has 0 fully saturated rings. The van der Waals surface area contributed by atoms with E-state index >= 15 is 0 Å². The van der Waals surface area contributed by atoms with Crippen LogP contribution in [0, 0.1) is 0 Å². The Morgan fingerprint density at radius 3 is 2.38 bits per heavy atom. The fourth-order valence-corrected chi connectivity index (χ4v) is 0.364. The Balaban J connectivity index is 2.83. The van der Waals surface area contributed by atoms with E-state index in [1.165, 1.54) is 12.7 Å². The summed E-state index contributed by atoms with van der Waals surface area (Å²) in [6.45, 7) is 0. The van der Waals surface area contributed by atoms with E-state index < -0.39 is 0 Å². The van der Waals surface area contributed by atoms with Gasteiger partial charge in [-0.3, -0.25) is 0 Å². The van der Waals surface area contributed by atoms with Crippen molar-refractivity contribution in [2.24, 2.45) is 0 Å². The molecule has 0 aliphatic carbocycles. The standard InChI is InChI=1S/C3H2ClN4/c4-8-3-6-1-5-2-7-3/h1-2H. The van der Waals surface area contributed by atoms with Gasteiger partial charge < -0.3 is 0 Å². The fraction of sp³-hybridized carbons (Fsp3) is 0. The number of aromatic nitrogens is 3. The molecule has 0 saturated carbocycles. The van der Waals surface area contributed by atoms with Crippen molar-refractivity contribution in [3.63, 3.8) is 0 Å². The highest BCUT2D eigenvalue weighted by Crippen LogP contribution is 1.91. The Bertz CT molecular complexity index is 153. The van der Waals surface area contributed by atoms with Crippen LogP contribution in [-0.2, 0) is 0 Å². The molecule has 0 bridgehead atoms. The van der Waals surface area contributed by atoms with Gasteiger partial charge in [0.05, 0.1) is 0 Å². The van der Waals surface area contributed by atoms with Crippen LogP contribution in [0.2, 0.25) is 0 Å². The van der Waals surface area contributed by atoms with Crippen molar-refractivity contribution < 1.29 is 0 Å². The number of hydrogen-bond donors (Lipinski definition) is 0. The summed E-state index contributed by atoms with van der Waals surface area (Å²) in [6.07, 6.45) is 2.66. The lowest BCUT2D eigenvalue weighted by atomic mass is 11.0. The van der Waals surface area contributed by atoms with Gasteiger partial charge in [-0.1, -0.05) is 0 Å². The average Bonchev–Trinajstić information content (AvgIpc) is 1.90. The predicted molar refractivity (Wildman–Crippen MR) is 27.5 cm³/mol. The summed E-state index contributed by atoms with van der Waals surface area (Å²) in [5.74, 6) is 0.238. The van der Waals surface area contributed by atoms with Crippen LogP contribution >= 0.6 is 11.8 Å².